The summed E-state index contributed by atoms with van der Waals surface area (Å²) in [7, 11) is 0. The van der Waals surface area contributed by atoms with Crippen LogP contribution in [0.5, 0.6) is 0 Å². The van der Waals surface area contributed by atoms with Gasteiger partial charge in [0.15, 0.2) is 0 Å². The molecule has 1 aliphatic carbocycles. The van der Waals surface area contributed by atoms with E-state index in [1.165, 1.54) is 64.5 Å². The lowest BCUT2D eigenvalue weighted by Gasteiger charge is -2.10. The monoisotopic (exact) mass is 211 g/mol. The van der Waals surface area contributed by atoms with Gasteiger partial charge in [0.1, 0.15) is 0 Å². The first-order valence-electron chi connectivity index (χ1n) is 7.05. The highest BCUT2D eigenvalue weighted by molar-refractivity contribution is 4.79. The summed E-state index contributed by atoms with van der Waals surface area (Å²) in [5.74, 6) is 1.98. The van der Waals surface area contributed by atoms with Gasteiger partial charge < -0.3 is 5.32 Å². The third kappa shape index (κ3) is 6.94. The molecule has 0 aromatic rings. The molecule has 1 N–H and O–H groups in total. The summed E-state index contributed by atoms with van der Waals surface area (Å²) in [6.45, 7) is 7.16. The van der Waals surface area contributed by atoms with E-state index in [-0.39, 0.29) is 0 Å². The van der Waals surface area contributed by atoms with Crippen molar-refractivity contribution in [2.75, 3.05) is 13.1 Å². The van der Waals surface area contributed by atoms with Crippen LogP contribution in [-0.4, -0.2) is 13.1 Å². The van der Waals surface area contributed by atoms with Gasteiger partial charge in [-0.3, -0.25) is 0 Å². The maximum absolute atomic E-state index is 3.60. The zero-order chi connectivity index (χ0) is 10.9. The average molecular weight is 211 g/mol. The van der Waals surface area contributed by atoms with Crippen molar-refractivity contribution in [1.29, 1.82) is 0 Å². The minimum Gasteiger partial charge on any atom is -0.316 e. The third-order valence-corrected chi connectivity index (χ3v) is 3.60. The summed E-state index contributed by atoms with van der Waals surface area (Å²) >= 11 is 0. The molecule has 1 aliphatic rings. The maximum atomic E-state index is 3.60. The molecule has 1 atom stereocenters. The Morgan fingerprint density at radius 1 is 1.07 bits per heavy atom. The van der Waals surface area contributed by atoms with Crippen LogP contribution in [0.4, 0.5) is 0 Å². The molecule has 1 fully saturated rings. The van der Waals surface area contributed by atoms with Crippen LogP contribution in [0.2, 0.25) is 0 Å². The van der Waals surface area contributed by atoms with Gasteiger partial charge in [0, 0.05) is 0 Å². The Balaban J connectivity index is 1.72. The summed E-state index contributed by atoms with van der Waals surface area (Å²) in [6.07, 6.45) is 11.4. The molecule has 1 rings (SSSR count). The second-order valence-corrected chi connectivity index (χ2v) is 5.29. The summed E-state index contributed by atoms with van der Waals surface area (Å²) in [6, 6.07) is 0. The Hall–Kier alpha value is -0.0400. The van der Waals surface area contributed by atoms with Crippen molar-refractivity contribution in [1.82, 2.24) is 5.32 Å². The predicted octanol–water partition coefficient (Wildman–Crippen LogP) is 3.98. The molecule has 1 unspecified atom stereocenters. The molecule has 0 spiro atoms. The van der Waals surface area contributed by atoms with Gasteiger partial charge in [-0.1, -0.05) is 46.0 Å². The van der Waals surface area contributed by atoms with E-state index in [4.69, 9.17) is 0 Å². The zero-order valence-corrected chi connectivity index (χ0v) is 10.7. The average Bonchev–Trinajstić information content (AvgIpc) is 3.05. The van der Waals surface area contributed by atoms with Crippen LogP contribution in [-0.2, 0) is 0 Å². The van der Waals surface area contributed by atoms with E-state index in [1.54, 1.807) is 0 Å². The van der Waals surface area contributed by atoms with Gasteiger partial charge in [0.25, 0.3) is 0 Å². The van der Waals surface area contributed by atoms with Gasteiger partial charge in [0.2, 0.25) is 0 Å². The molecular weight excluding hydrogens is 182 g/mol. The number of hydrogen-bond donors (Lipinski definition) is 1. The van der Waals surface area contributed by atoms with Gasteiger partial charge in [0.05, 0.1) is 0 Å². The van der Waals surface area contributed by atoms with E-state index >= 15 is 0 Å². The Labute approximate surface area is 96.0 Å². The van der Waals surface area contributed by atoms with Gasteiger partial charge in [-0.25, -0.2) is 0 Å². The van der Waals surface area contributed by atoms with E-state index in [0.29, 0.717) is 0 Å². The van der Waals surface area contributed by atoms with Crippen LogP contribution in [0.1, 0.15) is 65.2 Å². The molecule has 1 heteroatoms. The molecule has 90 valence electrons. The molecule has 0 bridgehead atoms. The van der Waals surface area contributed by atoms with E-state index in [0.717, 1.165) is 11.8 Å². The normalized spacial score (nSPS) is 18.0. The predicted molar refractivity (Wildman–Crippen MR) is 68.1 cm³/mol. The minimum atomic E-state index is 0.921. The topological polar surface area (TPSA) is 12.0 Å². The number of hydrogen-bond acceptors (Lipinski definition) is 1. The molecule has 0 aromatic carbocycles. The Morgan fingerprint density at radius 2 is 1.73 bits per heavy atom. The maximum Gasteiger partial charge on any atom is -0.00205 e. The highest BCUT2D eigenvalue weighted by Gasteiger charge is 2.27. The van der Waals surface area contributed by atoms with Crippen LogP contribution >= 0.6 is 0 Å². The lowest BCUT2D eigenvalue weighted by molar-refractivity contribution is 0.454. The summed E-state index contributed by atoms with van der Waals surface area (Å²) < 4.78 is 0. The highest BCUT2D eigenvalue weighted by atomic mass is 14.9. The van der Waals surface area contributed by atoms with Gasteiger partial charge in [-0.05, 0) is 44.2 Å². The Bertz CT molecular complexity index is 140. The molecule has 0 amide bonds. The Kier molecular flexibility index (Phi) is 7.08. The standard InChI is InChI=1S/C14H29N/c1-3-4-5-6-7-8-11-15-12-13(2)14-9-10-14/h13-15H,3-12H2,1-2H3. The summed E-state index contributed by atoms with van der Waals surface area (Å²) in [5.41, 5.74) is 0. The van der Waals surface area contributed by atoms with E-state index < -0.39 is 0 Å². The van der Waals surface area contributed by atoms with Crippen molar-refractivity contribution in [3.05, 3.63) is 0 Å². The van der Waals surface area contributed by atoms with Crippen molar-refractivity contribution in [3.8, 4) is 0 Å². The van der Waals surface area contributed by atoms with E-state index in [9.17, 15) is 0 Å². The van der Waals surface area contributed by atoms with Crippen molar-refractivity contribution in [3.63, 3.8) is 0 Å². The fourth-order valence-corrected chi connectivity index (χ4v) is 2.19. The smallest absolute Gasteiger partial charge is 0.00205 e. The lowest BCUT2D eigenvalue weighted by atomic mass is 10.1. The molecule has 1 saturated carbocycles. The van der Waals surface area contributed by atoms with Gasteiger partial charge in [-0.15, -0.1) is 0 Å². The number of unbranched alkanes of at least 4 members (excludes halogenated alkanes) is 5. The van der Waals surface area contributed by atoms with Crippen LogP contribution in [0.3, 0.4) is 0 Å². The van der Waals surface area contributed by atoms with Crippen LogP contribution in [0, 0.1) is 11.8 Å². The molecular formula is C14H29N. The van der Waals surface area contributed by atoms with E-state index in [1.807, 2.05) is 0 Å². The van der Waals surface area contributed by atoms with Crippen molar-refractivity contribution in [2.45, 2.75) is 65.2 Å². The fraction of sp³-hybridized carbons (Fsp3) is 1.00. The number of nitrogens with one attached hydrogen (secondary N) is 1. The van der Waals surface area contributed by atoms with Crippen LogP contribution in [0.15, 0.2) is 0 Å². The first-order chi connectivity index (χ1) is 7.34. The van der Waals surface area contributed by atoms with Gasteiger partial charge >= 0.3 is 0 Å². The SMILES string of the molecule is CCCCCCCCNCC(C)C1CC1. The summed E-state index contributed by atoms with van der Waals surface area (Å²) in [5, 5.41) is 3.60. The molecule has 0 radical (unpaired) electrons. The molecule has 0 saturated heterocycles. The molecule has 0 heterocycles. The van der Waals surface area contributed by atoms with Crippen molar-refractivity contribution >= 4 is 0 Å². The number of rotatable bonds is 10. The first kappa shape index (κ1) is 13.0. The quantitative estimate of drug-likeness (QED) is 0.539. The second-order valence-electron chi connectivity index (χ2n) is 5.29. The minimum absolute atomic E-state index is 0.921. The highest BCUT2D eigenvalue weighted by Crippen LogP contribution is 2.35. The van der Waals surface area contributed by atoms with Crippen LogP contribution in [0.25, 0.3) is 0 Å². The van der Waals surface area contributed by atoms with Crippen molar-refractivity contribution < 1.29 is 0 Å². The molecule has 0 aromatic heterocycles. The molecule has 15 heavy (non-hydrogen) atoms. The fourth-order valence-electron chi connectivity index (χ4n) is 2.19. The molecule has 1 nitrogen and oxygen atoms in total. The Morgan fingerprint density at radius 3 is 2.40 bits per heavy atom. The second kappa shape index (κ2) is 8.15. The lowest BCUT2D eigenvalue weighted by Crippen LogP contribution is -2.23. The van der Waals surface area contributed by atoms with E-state index in [2.05, 4.69) is 19.2 Å². The van der Waals surface area contributed by atoms with Crippen LogP contribution < -0.4 is 5.32 Å². The molecule has 0 aliphatic heterocycles. The van der Waals surface area contributed by atoms with Crippen molar-refractivity contribution in [2.24, 2.45) is 11.8 Å². The first-order valence-corrected chi connectivity index (χ1v) is 7.05. The van der Waals surface area contributed by atoms with Gasteiger partial charge in [-0.2, -0.15) is 0 Å². The zero-order valence-electron chi connectivity index (χ0n) is 10.7. The third-order valence-electron chi connectivity index (χ3n) is 3.60. The largest absolute Gasteiger partial charge is 0.316 e. The summed E-state index contributed by atoms with van der Waals surface area (Å²) in [4.78, 5) is 0.